The van der Waals surface area contributed by atoms with Gasteiger partial charge in [-0.15, -0.1) is 0 Å². The summed E-state index contributed by atoms with van der Waals surface area (Å²) >= 11 is -1.50. The third-order valence-electron chi connectivity index (χ3n) is 4.33. The average Bonchev–Trinajstić information content (AvgIpc) is 2.25. The molecular formula is C14H27PTi. The first-order chi connectivity index (χ1) is 7.45. The quantitative estimate of drug-likeness (QED) is 0.512. The van der Waals surface area contributed by atoms with Crippen LogP contribution in [0.1, 0.15) is 19.4 Å². The average molecular weight is 274 g/mol. The minimum atomic E-state index is -1.50. The standard InChI is InChI=1S/C11H17P.3CH3.Ti/c1-3-12(4-2)10-11-8-6-5-7-9-11;;;;/h5-9H,3-4,10H2,1-2H3;3*1H3;/q;;;;-1/p+1. The molecule has 92 valence electrons. The van der Waals surface area contributed by atoms with E-state index in [1.165, 1.54) is 18.5 Å². The Balaban J connectivity index is 2.96. The van der Waals surface area contributed by atoms with Crippen molar-refractivity contribution in [2.24, 2.45) is 0 Å². The summed E-state index contributed by atoms with van der Waals surface area (Å²) in [6.07, 6.45) is 4.37. The van der Waals surface area contributed by atoms with Gasteiger partial charge in [0, 0.05) is 0 Å². The predicted octanol–water partition coefficient (Wildman–Crippen LogP) is 5.19. The van der Waals surface area contributed by atoms with Crippen LogP contribution in [0.2, 0.25) is 15.7 Å². The van der Waals surface area contributed by atoms with Gasteiger partial charge in [0.25, 0.3) is 0 Å². The van der Waals surface area contributed by atoms with Crippen molar-refractivity contribution < 1.29 is 16.1 Å². The van der Waals surface area contributed by atoms with E-state index in [-0.39, 0.29) is 0 Å². The molecule has 1 aromatic rings. The number of benzene rings is 1. The van der Waals surface area contributed by atoms with Crippen molar-refractivity contribution in [2.75, 3.05) is 12.3 Å². The van der Waals surface area contributed by atoms with Crippen LogP contribution in [0.5, 0.6) is 0 Å². The summed E-state index contributed by atoms with van der Waals surface area (Å²) in [5.74, 6) is 0. The number of hydrogen-bond donors (Lipinski definition) is 0. The monoisotopic (exact) mass is 274 g/mol. The van der Waals surface area contributed by atoms with Crippen molar-refractivity contribution in [1.29, 1.82) is 0 Å². The van der Waals surface area contributed by atoms with Gasteiger partial charge in [0.15, 0.2) is 0 Å². The predicted molar refractivity (Wildman–Crippen MR) is 77.1 cm³/mol. The first-order valence-electron chi connectivity index (χ1n) is 6.49. The third-order valence-corrected chi connectivity index (χ3v) is 30.4. The summed E-state index contributed by atoms with van der Waals surface area (Å²) in [5, 5.41) is 6.88. The fourth-order valence-corrected chi connectivity index (χ4v) is 20.9. The molecule has 0 nitrogen and oxygen atoms in total. The Hall–Kier alpha value is 0.364. The molecule has 16 heavy (non-hydrogen) atoms. The molecule has 0 aliphatic heterocycles. The van der Waals surface area contributed by atoms with Gasteiger partial charge in [-0.25, -0.2) is 0 Å². The first kappa shape index (κ1) is 14.4. The van der Waals surface area contributed by atoms with E-state index in [2.05, 4.69) is 59.9 Å². The molecule has 0 heterocycles. The molecule has 1 rings (SSSR count). The van der Waals surface area contributed by atoms with Gasteiger partial charge in [-0.05, 0) is 0 Å². The molecule has 1 aromatic carbocycles. The molecule has 0 atom stereocenters. The summed E-state index contributed by atoms with van der Waals surface area (Å²) in [6, 6.07) is 11.1. The van der Waals surface area contributed by atoms with E-state index in [0.29, 0.717) is 0 Å². The molecule has 0 amide bonds. The molecule has 2 heteroatoms. The number of hydrogen-bond acceptors (Lipinski definition) is 0. The molecular weight excluding hydrogens is 247 g/mol. The van der Waals surface area contributed by atoms with E-state index in [1.807, 2.05) is 0 Å². The van der Waals surface area contributed by atoms with Crippen molar-refractivity contribution in [1.82, 2.24) is 0 Å². The summed E-state index contributed by atoms with van der Waals surface area (Å²) in [5.41, 5.74) is 1.58. The van der Waals surface area contributed by atoms with Crippen molar-refractivity contribution in [3.8, 4) is 0 Å². The summed E-state index contributed by atoms with van der Waals surface area (Å²) < 4.78 is 0. The van der Waals surface area contributed by atoms with Gasteiger partial charge in [-0.3, -0.25) is 0 Å². The van der Waals surface area contributed by atoms with Gasteiger partial charge < -0.3 is 0 Å². The summed E-state index contributed by atoms with van der Waals surface area (Å²) in [4.78, 5) is 0. The Bertz CT molecular complexity index is 309. The van der Waals surface area contributed by atoms with Crippen LogP contribution in [0.4, 0.5) is 0 Å². The second kappa shape index (κ2) is 5.81. The van der Waals surface area contributed by atoms with Crippen LogP contribution in [0.3, 0.4) is 0 Å². The maximum atomic E-state index is 2.63. The fourth-order valence-electron chi connectivity index (χ4n) is 2.81. The third kappa shape index (κ3) is 3.19. The SMILES string of the molecule is CC[PH](CC)(Cc1ccccc1)[Ti]([CH3])([CH3])[CH3]. The molecule has 0 N–H and O–H groups in total. The second-order valence-electron chi connectivity index (χ2n) is 5.90. The van der Waals surface area contributed by atoms with Gasteiger partial charge in [0.05, 0.1) is 0 Å². The summed E-state index contributed by atoms with van der Waals surface area (Å²) in [6.45, 7) is 4.88. The molecule has 0 saturated carbocycles. The van der Waals surface area contributed by atoms with Crippen LogP contribution in [-0.2, 0) is 22.2 Å². The Kier molecular flexibility index (Phi) is 5.24. The summed E-state index contributed by atoms with van der Waals surface area (Å²) in [7, 11) is 0. The number of rotatable bonds is 5. The zero-order chi connectivity index (χ0) is 12.2. The van der Waals surface area contributed by atoms with E-state index in [1.54, 1.807) is 5.56 Å². The molecule has 0 aliphatic carbocycles. The molecule has 0 aromatic heterocycles. The van der Waals surface area contributed by atoms with Crippen molar-refractivity contribution in [3.05, 3.63) is 35.9 Å². The van der Waals surface area contributed by atoms with Crippen LogP contribution in [0, 0.1) is 0 Å². The molecule has 0 saturated heterocycles. The Morgan fingerprint density at radius 2 is 1.44 bits per heavy atom. The molecule has 0 bridgehead atoms. The zero-order valence-corrected chi connectivity index (χ0v) is 14.1. The van der Waals surface area contributed by atoms with E-state index in [9.17, 15) is 0 Å². The van der Waals surface area contributed by atoms with Crippen LogP contribution in [0.15, 0.2) is 30.3 Å². The van der Waals surface area contributed by atoms with Gasteiger partial charge in [0.2, 0.25) is 0 Å². The van der Waals surface area contributed by atoms with Crippen molar-refractivity contribution >= 4 is 5.25 Å². The topological polar surface area (TPSA) is 0 Å². The van der Waals surface area contributed by atoms with Crippen LogP contribution < -0.4 is 0 Å². The van der Waals surface area contributed by atoms with E-state index < -0.39 is 21.3 Å². The van der Waals surface area contributed by atoms with Crippen LogP contribution in [-0.4, -0.2) is 12.3 Å². The van der Waals surface area contributed by atoms with Gasteiger partial charge in [0.1, 0.15) is 0 Å². The Morgan fingerprint density at radius 1 is 0.938 bits per heavy atom. The molecule has 0 spiro atoms. The fraction of sp³-hybridized carbons (Fsp3) is 0.571. The van der Waals surface area contributed by atoms with Gasteiger partial charge in [-0.2, -0.15) is 0 Å². The molecule has 0 radical (unpaired) electrons. The van der Waals surface area contributed by atoms with E-state index in [0.717, 1.165) is 0 Å². The Morgan fingerprint density at radius 3 is 1.81 bits per heavy atom. The zero-order valence-electron chi connectivity index (χ0n) is 11.5. The van der Waals surface area contributed by atoms with Crippen LogP contribution >= 0.6 is 5.25 Å². The van der Waals surface area contributed by atoms with E-state index in [4.69, 9.17) is 0 Å². The Labute approximate surface area is 105 Å². The second-order valence-corrected chi connectivity index (χ2v) is 28.4. The molecule has 0 aliphatic rings. The van der Waals surface area contributed by atoms with Gasteiger partial charge >= 0.3 is 105 Å². The molecule has 0 unspecified atom stereocenters. The first-order valence-corrected chi connectivity index (χ1v) is 16.1. The molecule has 0 fully saturated rings. The van der Waals surface area contributed by atoms with Crippen molar-refractivity contribution in [2.45, 2.75) is 35.7 Å². The van der Waals surface area contributed by atoms with Gasteiger partial charge in [-0.1, -0.05) is 0 Å². The van der Waals surface area contributed by atoms with E-state index >= 15 is 0 Å². The maximum absolute atomic E-state index is 2.63. The minimum absolute atomic E-state index is 0.998. The van der Waals surface area contributed by atoms with Crippen molar-refractivity contribution in [3.63, 3.8) is 0 Å². The van der Waals surface area contributed by atoms with Crippen LogP contribution in [0.25, 0.3) is 0 Å². The normalized spacial score (nSPS) is 13.8.